The monoisotopic (exact) mass is 467 g/mol. The number of para-hydroxylation sites is 2. The minimum atomic E-state index is -1.07. The van der Waals surface area contributed by atoms with Crippen molar-refractivity contribution in [2.75, 3.05) is 10.6 Å². The van der Waals surface area contributed by atoms with Crippen molar-refractivity contribution in [1.29, 1.82) is 0 Å². The molecular formula is C21H23Cl2N3O5. The number of anilines is 2. The Morgan fingerprint density at radius 1 is 1.26 bits per heavy atom. The average Bonchev–Trinajstić information content (AvgIpc) is 2.72. The van der Waals surface area contributed by atoms with Gasteiger partial charge in [-0.15, -0.1) is 0 Å². The lowest BCUT2D eigenvalue weighted by molar-refractivity contribution is -0.383. The Morgan fingerprint density at radius 3 is 2.48 bits per heavy atom. The molecule has 0 bridgehead atoms. The van der Waals surface area contributed by atoms with Gasteiger partial charge in [-0.25, -0.2) is 4.79 Å². The van der Waals surface area contributed by atoms with Crippen LogP contribution in [0.3, 0.4) is 0 Å². The zero-order valence-corrected chi connectivity index (χ0v) is 18.5. The van der Waals surface area contributed by atoms with Crippen molar-refractivity contribution in [2.24, 2.45) is 5.92 Å². The van der Waals surface area contributed by atoms with Crippen molar-refractivity contribution in [3.8, 4) is 0 Å². The molecule has 0 radical (unpaired) electrons. The Hall–Kier alpha value is -2.84. The van der Waals surface area contributed by atoms with E-state index in [4.69, 9.17) is 28.3 Å². The maximum atomic E-state index is 11.6. The average molecular weight is 468 g/mol. The van der Waals surface area contributed by atoms with Crippen molar-refractivity contribution in [2.45, 2.75) is 39.2 Å². The van der Waals surface area contributed by atoms with Gasteiger partial charge in [0.15, 0.2) is 0 Å². The molecule has 1 heterocycles. The van der Waals surface area contributed by atoms with Crippen LogP contribution in [0, 0.1) is 16.0 Å². The number of nitro groups is 1. The van der Waals surface area contributed by atoms with E-state index in [0.29, 0.717) is 11.4 Å². The number of carboxylic acids is 1. The number of carbonyl (C=O) groups excluding carboxylic acids is 1. The lowest BCUT2D eigenvalue weighted by Crippen LogP contribution is -2.29. The summed E-state index contributed by atoms with van der Waals surface area (Å²) in [7, 11) is 0. The first-order valence-corrected chi connectivity index (χ1v) is 10.5. The van der Waals surface area contributed by atoms with Gasteiger partial charge in [0.1, 0.15) is 16.8 Å². The summed E-state index contributed by atoms with van der Waals surface area (Å²) in [6, 6.07) is 9.18. The topological polar surface area (TPSA) is 122 Å². The number of halogens is 2. The van der Waals surface area contributed by atoms with Crippen molar-refractivity contribution in [3.05, 3.63) is 62.1 Å². The third-order valence-corrected chi connectivity index (χ3v) is 5.50. The summed E-state index contributed by atoms with van der Waals surface area (Å²) in [6.45, 7) is 3.70. The van der Waals surface area contributed by atoms with Gasteiger partial charge < -0.3 is 15.7 Å². The number of amides is 1. The molecule has 2 atom stereocenters. The van der Waals surface area contributed by atoms with Gasteiger partial charge in [-0.3, -0.25) is 14.9 Å². The number of nitrogens with zero attached hydrogens (tertiary/aromatic N) is 1. The van der Waals surface area contributed by atoms with E-state index in [1.807, 2.05) is 19.1 Å². The van der Waals surface area contributed by atoms with Crippen molar-refractivity contribution < 1.29 is 19.6 Å². The van der Waals surface area contributed by atoms with Gasteiger partial charge in [0, 0.05) is 5.92 Å². The highest BCUT2D eigenvalue weighted by Crippen LogP contribution is 2.33. The quantitative estimate of drug-likeness (QED) is 0.386. The van der Waals surface area contributed by atoms with E-state index in [1.165, 1.54) is 18.2 Å². The molecule has 3 N–H and O–H groups in total. The zero-order chi connectivity index (χ0) is 23.1. The fourth-order valence-electron chi connectivity index (χ4n) is 3.14. The molecule has 0 saturated carbocycles. The first-order valence-electron chi connectivity index (χ1n) is 9.70. The number of hydrogen-bond acceptors (Lipinski definition) is 5. The molecule has 0 spiro atoms. The minimum Gasteiger partial charge on any atom is -0.480 e. The molecule has 166 valence electrons. The van der Waals surface area contributed by atoms with Crippen LogP contribution in [0.5, 0.6) is 0 Å². The lowest BCUT2D eigenvalue weighted by Gasteiger charge is -2.24. The fraction of sp³-hybridized carbons (Fsp3) is 0.333. The molecule has 1 aliphatic rings. The molecule has 2 aromatic carbocycles. The maximum Gasteiger partial charge on any atom is 0.326 e. The summed E-state index contributed by atoms with van der Waals surface area (Å²) in [5.41, 5.74) is 1.73. The SMILES string of the molecule is CCC(Nc1cccc(Cl)c1[N+](=O)[O-])C(=O)O.CCC1Cc2cccc(Cl)c2NC1=O. The second-order valence-electron chi connectivity index (χ2n) is 6.91. The molecular weight excluding hydrogens is 445 g/mol. The van der Waals surface area contributed by atoms with E-state index in [1.54, 1.807) is 13.0 Å². The number of benzene rings is 2. The van der Waals surface area contributed by atoms with Gasteiger partial charge in [0.05, 0.1) is 15.6 Å². The first kappa shape index (κ1) is 24.4. The van der Waals surface area contributed by atoms with Gasteiger partial charge in [0.25, 0.3) is 0 Å². The molecule has 0 aromatic heterocycles. The molecule has 1 amide bonds. The number of hydrogen-bond donors (Lipinski definition) is 3. The number of rotatable bonds is 6. The van der Waals surface area contributed by atoms with E-state index < -0.39 is 16.9 Å². The van der Waals surface area contributed by atoms with Crippen LogP contribution >= 0.6 is 23.2 Å². The molecule has 8 nitrogen and oxygen atoms in total. The van der Waals surface area contributed by atoms with E-state index in [0.717, 1.165) is 24.1 Å². The predicted molar refractivity (Wildman–Crippen MR) is 121 cm³/mol. The van der Waals surface area contributed by atoms with Crippen LogP contribution in [0.15, 0.2) is 36.4 Å². The zero-order valence-electron chi connectivity index (χ0n) is 17.0. The highest BCUT2D eigenvalue weighted by molar-refractivity contribution is 6.34. The Kier molecular flexibility index (Phi) is 8.65. The standard InChI is InChI=1S/C11H12ClNO.C10H11ClN2O4/c1-2-7-6-8-4-3-5-9(12)10(8)13-11(7)14;1-2-7(10(14)15)12-8-5-3-4-6(11)9(8)13(16)17/h3-5,7H,2,6H2,1H3,(H,13,14);3-5,7,12H,2H2,1H3,(H,14,15). The lowest BCUT2D eigenvalue weighted by atomic mass is 9.91. The molecule has 0 aliphatic carbocycles. The minimum absolute atomic E-state index is 0.0276. The summed E-state index contributed by atoms with van der Waals surface area (Å²) in [4.78, 5) is 32.6. The van der Waals surface area contributed by atoms with Crippen molar-refractivity contribution in [1.82, 2.24) is 0 Å². The summed E-state index contributed by atoms with van der Waals surface area (Å²) in [5, 5.41) is 25.7. The normalized spacial score (nSPS) is 15.6. The molecule has 1 aliphatic heterocycles. The largest absolute Gasteiger partial charge is 0.480 e. The molecule has 2 unspecified atom stereocenters. The molecule has 0 fully saturated rings. The van der Waals surface area contributed by atoms with Crippen LogP contribution in [0.1, 0.15) is 32.3 Å². The molecule has 3 rings (SSSR count). The van der Waals surface area contributed by atoms with Crippen LogP contribution in [-0.2, 0) is 16.0 Å². The van der Waals surface area contributed by atoms with Crippen LogP contribution in [-0.4, -0.2) is 27.9 Å². The summed E-state index contributed by atoms with van der Waals surface area (Å²) < 4.78 is 0. The second-order valence-corrected chi connectivity index (χ2v) is 7.72. The van der Waals surface area contributed by atoms with Gasteiger partial charge in [-0.05, 0) is 43.0 Å². The van der Waals surface area contributed by atoms with Gasteiger partial charge in [0.2, 0.25) is 5.91 Å². The van der Waals surface area contributed by atoms with Gasteiger partial charge in [-0.2, -0.15) is 0 Å². The van der Waals surface area contributed by atoms with Crippen LogP contribution < -0.4 is 10.6 Å². The Bertz CT molecular complexity index is 983. The first-order chi connectivity index (χ1) is 14.7. The summed E-state index contributed by atoms with van der Waals surface area (Å²) in [6.07, 6.45) is 1.98. The highest BCUT2D eigenvalue weighted by Gasteiger charge is 2.25. The number of nitrogens with one attached hydrogen (secondary N) is 2. The number of carboxylic acid groups (broad SMARTS) is 1. The summed E-state index contributed by atoms with van der Waals surface area (Å²) in [5.74, 6) is -0.879. The molecule has 10 heteroatoms. The van der Waals surface area contributed by atoms with Gasteiger partial charge >= 0.3 is 11.7 Å². The molecule has 2 aromatic rings. The third kappa shape index (κ3) is 6.08. The van der Waals surface area contributed by atoms with Crippen molar-refractivity contribution >= 4 is 52.1 Å². The number of fused-ring (bicyclic) bond motifs is 1. The van der Waals surface area contributed by atoms with Gasteiger partial charge in [-0.1, -0.05) is 55.2 Å². The Morgan fingerprint density at radius 2 is 1.90 bits per heavy atom. The van der Waals surface area contributed by atoms with E-state index in [2.05, 4.69) is 10.6 Å². The fourth-order valence-corrected chi connectivity index (χ4v) is 3.62. The van der Waals surface area contributed by atoms with E-state index in [-0.39, 0.29) is 28.2 Å². The smallest absolute Gasteiger partial charge is 0.326 e. The number of nitro benzene ring substituents is 1. The van der Waals surface area contributed by atoms with Crippen molar-refractivity contribution in [3.63, 3.8) is 0 Å². The van der Waals surface area contributed by atoms with Crippen LogP contribution in [0.2, 0.25) is 10.0 Å². The maximum absolute atomic E-state index is 11.6. The summed E-state index contributed by atoms with van der Waals surface area (Å²) >= 11 is 11.7. The Balaban J connectivity index is 0.000000224. The third-order valence-electron chi connectivity index (χ3n) is 4.88. The Labute approximate surface area is 189 Å². The van der Waals surface area contributed by atoms with Crippen LogP contribution in [0.25, 0.3) is 0 Å². The highest BCUT2D eigenvalue weighted by atomic mass is 35.5. The molecule has 0 saturated heterocycles. The molecule has 31 heavy (non-hydrogen) atoms. The predicted octanol–water partition coefficient (Wildman–Crippen LogP) is 5.38. The van der Waals surface area contributed by atoms with E-state index >= 15 is 0 Å². The van der Waals surface area contributed by atoms with Crippen LogP contribution in [0.4, 0.5) is 17.1 Å². The second kappa shape index (κ2) is 11.0. The number of carbonyl (C=O) groups is 2. The van der Waals surface area contributed by atoms with E-state index in [9.17, 15) is 19.7 Å². The number of aliphatic carboxylic acids is 1.